The van der Waals surface area contributed by atoms with Crippen LogP contribution in [0.2, 0.25) is 0 Å². The van der Waals surface area contributed by atoms with Gasteiger partial charge in [0, 0.05) is 31.6 Å². The molecule has 2 amide bonds. The average molecular weight is 281 g/mol. The van der Waals surface area contributed by atoms with Crippen LogP contribution in [0.4, 0.5) is 0 Å². The molecule has 0 atom stereocenters. The lowest BCUT2D eigenvalue weighted by Gasteiger charge is -2.22. The van der Waals surface area contributed by atoms with E-state index in [1.165, 1.54) is 4.90 Å². The van der Waals surface area contributed by atoms with E-state index in [2.05, 4.69) is 5.32 Å². The lowest BCUT2D eigenvalue weighted by Crippen LogP contribution is -2.44. The molecular weight excluding hydrogens is 262 g/mol. The van der Waals surface area contributed by atoms with Gasteiger partial charge < -0.3 is 15.1 Å². The van der Waals surface area contributed by atoms with Crippen molar-refractivity contribution in [2.45, 2.75) is 13.0 Å². The van der Waals surface area contributed by atoms with Gasteiger partial charge in [-0.1, -0.05) is 6.07 Å². The first-order valence-electron chi connectivity index (χ1n) is 6.46. The molecule has 2 heterocycles. The Kier molecular flexibility index (Phi) is 4.93. The fraction of sp³-hybridized carbons (Fsp3) is 0.538. The van der Waals surface area contributed by atoms with Gasteiger partial charge in [-0.15, -0.1) is 11.3 Å². The second-order valence-corrected chi connectivity index (χ2v) is 5.67. The first-order valence-corrected chi connectivity index (χ1v) is 7.34. The van der Waals surface area contributed by atoms with Crippen LogP contribution in [0.15, 0.2) is 17.5 Å². The maximum absolute atomic E-state index is 12.1. The zero-order valence-electron chi connectivity index (χ0n) is 11.1. The van der Waals surface area contributed by atoms with Gasteiger partial charge in [0.25, 0.3) is 0 Å². The van der Waals surface area contributed by atoms with Crippen molar-refractivity contribution in [1.82, 2.24) is 15.1 Å². The molecule has 0 aromatic carbocycles. The summed E-state index contributed by atoms with van der Waals surface area (Å²) in [6.45, 7) is 3.42. The van der Waals surface area contributed by atoms with Crippen molar-refractivity contribution >= 4 is 23.2 Å². The number of carbonyl (C=O) groups is 2. The van der Waals surface area contributed by atoms with Gasteiger partial charge in [-0.05, 0) is 24.4 Å². The van der Waals surface area contributed by atoms with E-state index >= 15 is 0 Å². The highest BCUT2D eigenvalue weighted by Gasteiger charge is 2.25. The molecule has 6 heteroatoms. The van der Waals surface area contributed by atoms with Gasteiger partial charge in [0.15, 0.2) is 0 Å². The normalized spacial score (nSPS) is 15.9. The van der Waals surface area contributed by atoms with E-state index in [0.29, 0.717) is 19.6 Å². The van der Waals surface area contributed by atoms with Gasteiger partial charge in [-0.2, -0.15) is 0 Å². The maximum atomic E-state index is 12.1. The van der Waals surface area contributed by atoms with Gasteiger partial charge in [-0.25, -0.2) is 0 Å². The summed E-state index contributed by atoms with van der Waals surface area (Å²) in [5.41, 5.74) is 0. The second kappa shape index (κ2) is 6.68. The third-order valence-corrected chi connectivity index (χ3v) is 3.99. The molecule has 1 fully saturated rings. The molecule has 1 aromatic heterocycles. The summed E-state index contributed by atoms with van der Waals surface area (Å²) in [5.74, 6) is -0.807. The number of hydrogen-bond donors (Lipinski definition) is 1. The zero-order valence-corrected chi connectivity index (χ0v) is 11.9. The summed E-state index contributed by atoms with van der Waals surface area (Å²) in [7, 11) is 1.68. The van der Waals surface area contributed by atoms with Crippen molar-refractivity contribution in [1.29, 1.82) is 0 Å². The summed E-state index contributed by atoms with van der Waals surface area (Å²) < 4.78 is 0. The minimum Gasteiger partial charge on any atom is -0.333 e. The quantitative estimate of drug-likeness (QED) is 0.805. The van der Waals surface area contributed by atoms with Crippen molar-refractivity contribution in [2.24, 2.45) is 0 Å². The number of likely N-dealkylation sites (N-methyl/N-ethyl adjacent to an activating group) is 1. The van der Waals surface area contributed by atoms with E-state index in [9.17, 15) is 9.59 Å². The van der Waals surface area contributed by atoms with Crippen LogP contribution < -0.4 is 5.32 Å². The molecule has 0 spiro atoms. The molecule has 1 N–H and O–H groups in total. The van der Waals surface area contributed by atoms with E-state index in [1.807, 2.05) is 17.5 Å². The Hall–Kier alpha value is -1.40. The van der Waals surface area contributed by atoms with Crippen LogP contribution in [0.5, 0.6) is 0 Å². The molecule has 104 valence electrons. The van der Waals surface area contributed by atoms with Crippen LogP contribution >= 0.6 is 11.3 Å². The third kappa shape index (κ3) is 3.78. The Morgan fingerprint density at radius 3 is 3.00 bits per heavy atom. The van der Waals surface area contributed by atoms with Crippen molar-refractivity contribution in [3.63, 3.8) is 0 Å². The van der Waals surface area contributed by atoms with Crippen LogP contribution in [-0.4, -0.2) is 54.8 Å². The number of amides is 2. The van der Waals surface area contributed by atoms with E-state index in [-0.39, 0.29) is 5.91 Å². The predicted octanol–water partition coefficient (Wildman–Crippen LogP) is 0.528. The van der Waals surface area contributed by atoms with E-state index in [4.69, 9.17) is 0 Å². The van der Waals surface area contributed by atoms with Crippen LogP contribution in [0, 0.1) is 0 Å². The van der Waals surface area contributed by atoms with Gasteiger partial charge in [0.2, 0.25) is 0 Å². The molecule has 0 unspecified atom stereocenters. The number of nitrogens with one attached hydrogen (secondary N) is 1. The molecule has 1 aromatic rings. The highest BCUT2D eigenvalue weighted by molar-refractivity contribution is 7.09. The Labute approximate surface area is 117 Å². The lowest BCUT2D eigenvalue weighted by atomic mass is 10.3. The van der Waals surface area contributed by atoms with E-state index < -0.39 is 5.91 Å². The molecule has 0 saturated carbocycles. The first kappa shape index (κ1) is 14.0. The van der Waals surface area contributed by atoms with Gasteiger partial charge >= 0.3 is 11.8 Å². The number of hydrogen-bond acceptors (Lipinski definition) is 4. The topological polar surface area (TPSA) is 52.7 Å². The molecule has 0 aliphatic carbocycles. The molecule has 0 bridgehead atoms. The molecule has 19 heavy (non-hydrogen) atoms. The molecule has 1 aliphatic rings. The smallest absolute Gasteiger partial charge is 0.312 e. The van der Waals surface area contributed by atoms with Crippen LogP contribution in [0.3, 0.4) is 0 Å². The summed E-state index contributed by atoms with van der Waals surface area (Å²) in [6.07, 6.45) is 0.896. The lowest BCUT2D eigenvalue weighted by molar-refractivity contribution is -0.151. The van der Waals surface area contributed by atoms with E-state index in [0.717, 1.165) is 24.4 Å². The summed E-state index contributed by atoms with van der Waals surface area (Å²) >= 11 is 1.59. The molecular formula is C13H19N3O2S. The van der Waals surface area contributed by atoms with Crippen molar-refractivity contribution in [2.75, 3.05) is 33.2 Å². The molecule has 2 rings (SSSR count). The maximum Gasteiger partial charge on any atom is 0.312 e. The summed E-state index contributed by atoms with van der Waals surface area (Å²) in [5, 5.41) is 5.19. The highest BCUT2D eigenvalue weighted by Crippen LogP contribution is 2.11. The standard InChI is InChI=1S/C13H19N3O2S/c1-15(10-11-4-2-9-19-11)12(17)13(18)16-7-3-5-14-6-8-16/h2,4,9,14H,3,5-8,10H2,1H3. The zero-order chi connectivity index (χ0) is 13.7. The van der Waals surface area contributed by atoms with Gasteiger partial charge in [-0.3, -0.25) is 9.59 Å². The largest absolute Gasteiger partial charge is 0.333 e. The molecule has 5 nitrogen and oxygen atoms in total. The fourth-order valence-corrected chi connectivity index (χ4v) is 2.81. The number of carbonyl (C=O) groups excluding carboxylic acids is 2. The van der Waals surface area contributed by atoms with Crippen LogP contribution in [0.1, 0.15) is 11.3 Å². The molecule has 0 radical (unpaired) electrons. The third-order valence-electron chi connectivity index (χ3n) is 3.13. The second-order valence-electron chi connectivity index (χ2n) is 4.64. The Morgan fingerprint density at radius 2 is 2.26 bits per heavy atom. The average Bonchev–Trinajstić information content (AvgIpc) is 2.77. The number of thiophene rings is 1. The van der Waals surface area contributed by atoms with Crippen LogP contribution in [-0.2, 0) is 16.1 Å². The predicted molar refractivity (Wildman–Crippen MR) is 74.9 cm³/mol. The fourth-order valence-electron chi connectivity index (χ4n) is 2.06. The van der Waals surface area contributed by atoms with Crippen LogP contribution in [0.25, 0.3) is 0 Å². The van der Waals surface area contributed by atoms with Crippen molar-refractivity contribution in [3.8, 4) is 0 Å². The first-order chi connectivity index (χ1) is 9.18. The van der Waals surface area contributed by atoms with Crippen molar-refractivity contribution < 1.29 is 9.59 Å². The minimum absolute atomic E-state index is 0.386. The Bertz CT molecular complexity index is 425. The SMILES string of the molecule is CN(Cc1cccs1)C(=O)C(=O)N1CCCNCC1. The van der Waals surface area contributed by atoms with Crippen molar-refractivity contribution in [3.05, 3.63) is 22.4 Å². The summed E-state index contributed by atoms with van der Waals surface area (Å²) in [4.78, 5) is 28.5. The summed E-state index contributed by atoms with van der Waals surface area (Å²) in [6, 6.07) is 3.91. The van der Waals surface area contributed by atoms with Gasteiger partial charge in [0.1, 0.15) is 0 Å². The monoisotopic (exact) mass is 281 g/mol. The molecule has 1 saturated heterocycles. The minimum atomic E-state index is -0.421. The highest BCUT2D eigenvalue weighted by atomic mass is 32.1. The Balaban J connectivity index is 1.92. The van der Waals surface area contributed by atoms with Gasteiger partial charge in [0.05, 0.1) is 6.54 Å². The number of rotatable bonds is 2. The van der Waals surface area contributed by atoms with E-state index in [1.54, 1.807) is 23.3 Å². The number of nitrogens with zero attached hydrogens (tertiary/aromatic N) is 2. The Morgan fingerprint density at radius 1 is 1.42 bits per heavy atom. The molecule has 1 aliphatic heterocycles.